The minimum absolute atomic E-state index is 0.280. The van der Waals surface area contributed by atoms with Crippen LogP contribution in [0.15, 0.2) is 35.1 Å². The number of hydrogen-bond acceptors (Lipinski definition) is 5. The molecule has 0 saturated carbocycles. The molecule has 0 saturated heterocycles. The molecule has 0 aliphatic heterocycles. The Labute approximate surface area is 106 Å². The summed E-state index contributed by atoms with van der Waals surface area (Å²) in [5.74, 6) is 0.637. The van der Waals surface area contributed by atoms with Crippen LogP contribution in [0.4, 0.5) is 17.6 Å². The van der Waals surface area contributed by atoms with Crippen LogP contribution in [0.2, 0.25) is 0 Å². The molecule has 2 aromatic rings. The Balaban J connectivity index is 0.000000771. The van der Waals surface area contributed by atoms with Crippen molar-refractivity contribution >= 4 is 17.6 Å². The van der Waals surface area contributed by atoms with Crippen molar-refractivity contribution in [2.45, 2.75) is 13.8 Å². The number of anilines is 3. The Morgan fingerprint density at radius 1 is 1.11 bits per heavy atom. The monoisotopic (exact) mass is 247 g/mol. The van der Waals surface area contributed by atoms with Crippen molar-refractivity contribution in [3.8, 4) is 0 Å². The fourth-order valence-electron chi connectivity index (χ4n) is 1.21. The molecule has 1 aromatic heterocycles. The zero-order valence-electron chi connectivity index (χ0n) is 10.7. The zero-order valence-corrected chi connectivity index (χ0v) is 10.7. The summed E-state index contributed by atoms with van der Waals surface area (Å²) in [5.41, 5.74) is 0.400. The summed E-state index contributed by atoms with van der Waals surface area (Å²) in [7, 11) is 1.65. The summed E-state index contributed by atoms with van der Waals surface area (Å²) in [6.07, 6.45) is 0. The third-order valence-corrected chi connectivity index (χ3v) is 1.91. The highest BCUT2D eigenvalue weighted by Gasteiger charge is 2.00. The molecule has 0 radical (unpaired) electrons. The zero-order chi connectivity index (χ0) is 13.4. The van der Waals surface area contributed by atoms with Gasteiger partial charge in [-0.1, -0.05) is 32.0 Å². The van der Waals surface area contributed by atoms with Crippen LogP contribution in [-0.2, 0) is 0 Å². The third kappa shape index (κ3) is 3.89. The molecule has 0 aliphatic carbocycles. The van der Waals surface area contributed by atoms with Crippen molar-refractivity contribution in [1.82, 2.24) is 15.0 Å². The molecular formula is C12H17N5O. The van der Waals surface area contributed by atoms with Crippen molar-refractivity contribution in [3.05, 3.63) is 40.8 Å². The van der Waals surface area contributed by atoms with E-state index in [-0.39, 0.29) is 5.95 Å². The van der Waals surface area contributed by atoms with Gasteiger partial charge in [-0.2, -0.15) is 9.97 Å². The van der Waals surface area contributed by atoms with Crippen LogP contribution < -0.4 is 16.3 Å². The van der Waals surface area contributed by atoms with Gasteiger partial charge in [0.25, 0.3) is 0 Å². The Hall–Kier alpha value is -2.37. The van der Waals surface area contributed by atoms with Gasteiger partial charge in [0.2, 0.25) is 11.9 Å². The number of rotatable bonds is 3. The SMILES string of the molecule is CC.CNc1nc(Nc2ccccc2)[nH]c(=O)n1. The van der Waals surface area contributed by atoms with Gasteiger partial charge in [0, 0.05) is 12.7 Å². The summed E-state index contributed by atoms with van der Waals surface area (Å²) >= 11 is 0. The highest BCUT2D eigenvalue weighted by Crippen LogP contribution is 2.10. The first-order chi connectivity index (χ1) is 8.78. The van der Waals surface area contributed by atoms with Crippen LogP contribution >= 0.6 is 0 Å². The summed E-state index contributed by atoms with van der Waals surface area (Å²) in [4.78, 5) is 21.4. The third-order valence-electron chi connectivity index (χ3n) is 1.91. The maximum atomic E-state index is 11.2. The molecule has 0 aliphatic rings. The maximum Gasteiger partial charge on any atom is 0.351 e. The predicted octanol–water partition coefficient (Wildman–Crippen LogP) is 1.98. The van der Waals surface area contributed by atoms with Crippen LogP contribution in [-0.4, -0.2) is 22.0 Å². The topological polar surface area (TPSA) is 82.7 Å². The molecule has 0 unspecified atom stereocenters. The minimum atomic E-state index is -0.446. The van der Waals surface area contributed by atoms with E-state index in [9.17, 15) is 4.79 Å². The summed E-state index contributed by atoms with van der Waals surface area (Å²) in [6.45, 7) is 4.00. The first-order valence-electron chi connectivity index (χ1n) is 5.76. The van der Waals surface area contributed by atoms with E-state index in [0.29, 0.717) is 5.95 Å². The van der Waals surface area contributed by atoms with Gasteiger partial charge in [-0.25, -0.2) is 4.79 Å². The second-order valence-electron chi connectivity index (χ2n) is 3.07. The highest BCUT2D eigenvalue weighted by molar-refractivity contribution is 5.53. The molecule has 0 amide bonds. The van der Waals surface area contributed by atoms with E-state index >= 15 is 0 Å². The highest BCUT2D eigenvalue weighted by atomic mass is 16.1. The van der Waals surface area contributed by atoms with Gasteiger partial charge in [0.15, 0.2) is 0 Å². The largest absolute Gasteiger partial charge is 0.357 e. The van der Waals surface area contributed by atoms with Crippen molar-refractivity contribution in [2.75, 3.05) is 17.7 Å². The van der Waals surface area contributed by atoms with E-state index in [1.165, 1.54) is 0 Å². The fraction of sp³-hybridized carbons (Fsp3) is 0.250. The molecule has 0 spiro atoms. The van der Waals surface area contributed by atoms with Gasteiger partial charge >= 0.3 is 5.69 Å². The number of nitrogens with one attached hydrogen (secondary N) is 3. The van der Waals surface area contributed by atoms with Crippen molar-refractivity contribution < 1.29 is 0 Å². The van der Waals surface area contributed by atoms with Crippen LogP contribution in [0.3, 0.4) is 0 Å². The lowest BCUT2D eigenvalue weighted by Crippen LogP contribution is -2.16. The molecule has 3 N–H and O–H groups in total. The molecule has 1 aromatic carbocycles. The Morgan fingerprint density at radius 3 is 2.39 bits per heavy atom. The molecular weight excluding hydrogens is 230 g/mol. The van der Waals surface area contributed by atoms with Crippen LogP contribution in [0, 0.1) is 0 Å². The van der Waals surface area contributed by atoms with Crippen LogP contribution in [0.5, 0.6) is 0 Å². The first kappa shape index (κ1) is 13.7. The van der Waals surface area contributed by atoms with Gasteiger partial charge in [-0.15, -0.1) is 0 Å². The molecule has 6 heteroatoms. The van der Waals surface area contributed by atoms with Crippen molar-refractivity contribution in [3.63, 3.8) is 0 Å². The molecule has 0 bridgehead atoms. The standard InChI is InChI=1S/C10H11N5O.C2H6/c1-11-8-13-9(15-10(16)14-8)12-7-5-3-2-4-6-7;1-2/h2-6H,1H3,(H3,11,12,13,14,15,16);1-2H3. The fourth-order valence-corrected chi connectivity index (χ4v) is 1.21. The molecule has 96 valence electrons. The van der Waals surface area contributed by atoms with E-state index < -0.39 is 5.69 Å². The summed E-state index contributed by atoms with van der Waals surface area (Å²) in [6, 6.07) is 9.44. The smallest absolute Gasteiger partial charge is 0.351 e. The first-order valence-corrected chi connectivity index (χ1v) is 5.76. The van der Waals surface area contributed by atoms with E-state index in [2.05, 4.69) is 25.6 Å². The normalized spacial score (nSPS) is 9.06. The van der Waals surface area contributed by atoms with E-state index in [4.69, 9.17) is 0 Å². The predicted molar refractivity (Wildman–Crippen MR) is 73.3 cm³/mol. The van der Waals surface area contributed by atoms with Crippen molar-refractivity contribution in [1.29, 1.82) is 0 Å². The average molecular weight is 247 g/mol. The number of aromatic amines is 1. The Morgan fingerprint density at radius 2 is 1.78 bits per heavy atom. The van der Waals surface area contributed by atoms with Gasteiger partial charge < -0.3 is 10.6 Å². The lowest BCUT2D eigenvalue weighted by atomic mass is 10.3. The number of benzene rings is 1. The molecule has 2 rings (SSSR count). The lowest BCUT2D eigenvalue weighted by molar-refractivity contribution is 0.995. The number of para-hydroxylation sites is 1. The van der Waals surface area contributed by atoms with Crippen LogP contribution in [0.1, 0.15) is 13.8 Å². The lowest BCUT2D eigenvalue weighted by Gasteiger charge is -2.05. The Kier molecular flexibility index (Phi) is 5.37. The average Bonchev–Trinajstić information content (AvgIpc) is 2.41. The summed E-state index contributed by atoms with van der Waals surface area (Å²) < 4.78 is 0. The quantitative estimate of drug-likeness (QED) is 0.772. The van der Waals surface area contributed by atoms with Crippen molar-refractivity contribution in [2.24, 2.45) is 0 Å². The summed E-state index contributed by atoms with van der Waals surface area (Å²) in [5, 5.41) is 5.68. The van der Waals surface area contributed by atoms with E-state index in [1.54, 1.807) is 7.05 Å². The molecule has 1 heterocycles. The number of H-pyrrole nitrogens is 1. The molecule has 0 atom stereocenters. The Bertz CT molecular complexity index is 523. The number of nitrogens with zero attached hydrogens (tertiary/aromatic N) is 2. The second kappa shape index (κ2) is 7.05. The number of aromatic nitrogens is 3. The van der Waals surface area contributed by atoms with Crippen LogP contribution in [0.25, 0.3) is 0 Å². The second-order valence-corrected chi connectivity index (χ2v) is 3.07. The minimum Gasteiger partial charge on any atom is -0.357 e. The molecule has 18 heavy (non-hydrogen) atoms. The maximum absolute atomic E-state index is 11.2. The van der Waals surface area contributed by atoms with Gasteiger partial charge in [-0.3, -0.25) is 4.98 Å². The van der Waals surface area contributed by atoms with Gasteiger partial charge in [-0.05, 0) is 12.1 Å². The van der Waals surface area contributed by atoms with E-state index in [1.807, 2.05) is 44.2 Å². The molecule has 6 nitrogen and oxygen atoms in total. The van der Waals surface area contributed by atoms with Gasteiger partial charge in [0.05, 0.1) is 0 Å². The molecule has 0 fully saturated rings. The van der Waals surface area contributed by atoms with Gasteiger partial charge in [0.1, 0.15) is 0 Å². The van der Waals surface area contributed by atoms with E-state index in [0.717, 1.165) is 5.69 Å². The number of hydrogen-bond donors (Lipinski definition) is 3.